The van der Waals surface area contributed by atoms with Gasteiger partial charge in [0, 0.05) is 38.3 Å². The largest absolute Gasteiger partial charge is 0.379 e. The number of guanidine groups is 1. The fourth-order valence-corrected chi connectivity index (χ4v) is 4.19. The number of hydrogen-bond donors (Lipinski definition) is 2. The molecule has 1 aromatic rings. The average molecular weight is 544 g/mol. The van der Waals surface area contributed by atoms with E-state index < -0.39 is 0 Å². The highest BCUT2D eigenvalue weighted by molar-refractivity contribution is 14.0. The minimum absolute atomic E-state index is 0. The lowest BCUT2D eigenvalue weighted by molar-refractivity contribution is 0.0342. The van der Waals surface area contributed by atoms with Crippen LogP contribution in [0.3, 0.4) is 0 Å². The van der Waals surface area contributed by atoms with E-state index in [9.17, 15) is 0 Å². The molecule has 0 amide bonds. The van der Waals surface area contributed by atoms with Crippen LogP contribution in [0.2, 0.25) is 0 Å². The van der Waals surface area contributed by atoms with Crippen molar-refractivity contribution in [3.8, 4) is 0 Å². The summed E-state index contributed by atoms with van der Waals surface area (Å²) in [4.78, 5) is 9.89. The van der Waals surface area contributed by atoms with E-state index in [-0.39, 0.29) is 29.5 Å². The van der Waals surface area contributed by atoms with Crippen molar-refractivity contribution >= 4 is 29.9 Å². The monoisotopic (exact) mass is 543 g/mol. The first kappa shape index (κ1) is 26.4. The molecule has 0 unspecified atom stereocenters. The van der Waals surface area contributed by atoms with Crippen LogP contribution in [0.25, 0.3) is 0 Å². The summed E-state index contributed by atoms with van der Waals surface area (Å²) in [6.07, 6.45) is 4.01. The Morgan fingerprint density at radius 3 is 2.26 bits per heavy atom. The van der Waals surface area contributed by atoms with Gasteiger partial charge in [-0.2, -0.15) is 0 Å². The van der Waals surface area contributed by atoms with Gasteiger partial charge >= 0.3 is 0 Å². The number of aliphatic imine (C=N–C) groups is 1. The van der Waals surface area contributed by atoms with Crippen molar-refractivity contribution in [1.29, 1.82) is 0 Å². The number of likely N-dealkylation sites (tertiary alicyclic amines) is 1. The Kier molecular flexibility index (Phi) is 11.6. The smallest absolute Gasteiger partial charge is 0.191 e. The Labute approximate surface area is 206 Å². The van der Waals surface area contributed by atoms with Gasteiger partial charge in [0.25, 0.3) is 0 Å². The third-order valence-corrected chi connectivity index (χ3v) is 6.20. The first-order valence-electron chi connectivity index (χ1n) is 11.7. The number of hydrogen-bond acceptors (Lipinski definition) is 4. The second-order valence-electron chi connectivity index (χ2n) is 9.11. The van der Waals surface area contributed by atoms with Gasteiger partial charge in [-0.3, -0.25) is 9.80 Å². The summed E-state index contributed by atoms with van der Waals surface area (Å²) in [5, 5.41) is 6.97. The van der Waals surface area contributed by atoms with Crippen molar-refractivity contribution in [3.05, 3.63) is 35.4 Å². The molecule has 0 atom stereocenters. The van der Waals surface area contributed by atoms with Crippen LogP contribution in [-0.2, 0) is 17.8 Å². The Morgan fingerprint density at radius 2 is 1.61 bits per heavy atom. The summed E-state index contributed by atoms with van der Waals surface area (Å²) in [5.74, 6) is 0.903. The molecule has 0 radical (unpaired) electrons. The van der Waals surface area contributed by atoms with E-state index in [0.717, 1.165) is 51.9 Å². The molecule has 31 heavy (non-hydrogen) atoms. The van der Waals surface area contributed by atoms with Crippen LogP contribution in [0.4, 0.5) is 0 Å². The lowest BCUT2D eigenvalue weighted by Crippen LogP contribution is -2.54. The highest BCUT2D eigenvalue weighted by Crippen LogP contribution is 2.19. The maximum atomic E-state index is 5.43. The Balaban J connectivity index is 0.00000341. The molecule has 6 nitrogen and oxygen atoms in total. The molecule has 2 aliphatic rings. The van der Waals surface area contributed by atoms with Crippen LogP contribution in [0.15, 0.2) is 29.3 Å². The van der Waals surface area contributed by atoms with Gasteiger partial charge in [0.1, 0.15) is 0 Å². The van der Waals surface area contributed by atoms with Crippen molar-refractivity contribution in [1.82, 2.24) is 20.4 Å². The fourth-order valence-electron chi connectivity index (χ4n) is 4.19. The van der Waals surface area contributed by atoms with Gasteiger partial charge < -0.3 is 15.4 Å². The van der Waals surface area contributed by atoms with Crippen LogP contribution >= 0.6 is 24.0 Å². The summed E-state index contributed by atoms with van der Waals surface area (Å²) in [7, 11) is 0. The van der Waals surface area contributed by atoms with Crippen LogP contribution in [0.1, 0.15) is 51.2 Å². The van der Waals surface area contributed by atoms with Gasteiger partial charge in [-0.05, 0) is 57.8 Å². The number of nitrogens with zero attached hydrogens (tertiary/aromatic N) is 3. The zero-order chi connectivity index (χ0) is 21.2. The number of rotatable bonds is 8. The number of benzene rings is 1. The molecule has 176 valence electrons. The SMILES string of the molecule is CCNC(=NCc1ccc(CN2CCOCC2)cc1)NCC(C)(C)N1CCCCC1.I. The number of piperidine rings is 1. The molecule has 2 N–H and O–H groups in total. The van der Waals surface area contributed by atoms with E-state index in [0.29, 0.717) is 6.54 Å². The van der Waals surface area contributed by atoms with Crippen LogP contribution in [-0.4, -0.2) is 73.8 Å². The molecule has 2 saturated heterocycles. The number of halogens is 1. The van der Waals surface area contributed by atoms with E-state index in [4.69, 9.17) is 9.73 Å². The second kappa shape index (κ2) is 13.6. The third-order valence-electron chi connectivity index (χ3n) is 6.20. The molecule has 0 bridgehead atoms. The van der Waals surface area contributed by atoms with Crippen molar-refractivity contribution in [2.75, 3.05) is 52.5 Å². The van der Waals surface area contributed by atoms with E-state index in [2.05, 4.69) is 65.5 Å². The maximum Gasteiger partial charge on any atom is 0.191 e. The van der Waals surface area contributed by atoms with E-state index in [1.54, 1.807) is 0 Å². The lowest BCUT2D eigenvalue weighted by Gasteiger charge is -2.41. The predicted octanol–water partition coefficient (Wildman–Crippen LogP) is 3.46. The van der Waals surface area contributed by atoms with Crippen molar-refractivity contribution in [3.63, 3.8) is 0 Å². The molecule has 7 heteroatoms. The number of ether oxygens (including phenoxy) is 1. The Hall–Kier alpha value is -0.900. The third kappa shape index (κ3) is 8.86. The topological polar surface area (TPSA) is 52.1 Å². The van der Waals surface area contributed by atoms with Crippen molar-refractivity contribution < 1.29 is 4.74 Å². The zero-order valence-corrected chi connectivity index (χ0v) is 22.0. The van der Waals surface area contributed by atoms with Gasteiger partial charge in [0.15, 0.2) is 5.96 Å². The molecule has 0 spiro atoms. The molecule has 0 aliphatic carbocycles. The summed E-state index contributed by atoms with van der Waals surface area (Å²) in [6, 6.07) is 8.89. The number of morpholine rings is 1. The van der Waals surface area contributed by atoms with Crippen LogP contribution < -0.4 is 10.6 Å². The van der Waals surface area contributed by atoms with Crippen LogP contribution in [0.5, 0.6) is 0 Å². The highest BCUT2D eigenvalue weighted by Gasteiger charge is 2.27. The second-order valence-corrected chi connectivity index (χ2v) is 9.11. The normalized spacial score (nSPS) is 19.0. The summed E-state index contributed by atoms with van der Waals surface area (Å²) < 4.78 is 5.43. The molecule has 1 aromatic carbocycles. The molecule has 2 heterocycles. The predicted molar refractivity (Wildman–Crippen MR) is 140 cm³/mol. The van der Waals surface area contributed by atoms with Gasteiger partial charge in [-0.15, -0.1) is 24.0 Å². The van der Waals surface area contributed by atoms with Crippen molar-refractivity contribution in [2.24, 2.45) is 4.99 Å². The molecule has 2 fully saturated rings. The van der Waals surface area contributed by atoms with Gasteiger partial charge in [-0.1, -0.05) is 30.7 Å². The average Bonchev–Trinajstić information content (AvgIpc) is 2.78. The van der Waals surface area contributed by atoms with Gasteiger partial charge in [0.2, 0.25) is 0 Å². The summed E-state index contributed by atoms with van der Waals surface area (Å²) in [6.45, 7) is 16.4. The first-order chi connectivity index (χ1) is 14.6. The molecular formula is C24H42IN5O. The first-order valence-corrected chi connectivity index (χ1v) is 11.7. The Bertz CT molecular complexity index is 652. The molecule has 3 rings (SSSR count). The van der Waals surface area contributed by atoms with Crippen LogP contribution in [0, 0.1) is 0 Å². The van der Waals surface area contributed by atoms with Gasteiger partial charge in [0.05, 0.1) is 19.8 Å². The minimum Gasteiger partial charge on any atom is -0.379 e. The van der Waals surface area contributed by atoms with Gasteiger partial charge in [-0.25, -0.2) is 4.99 Å². The lowest BCUT2D eigenvalue weighted by atomic mass is 9.98. The van der Waals surface area contributed by atoms with E-state index in [1.807, 2.05) is 0 Å². The molecule has 2 aliphatic heterocycles. The molecule has 0 aromatic heterocycles. The summed E-state index contributed by atoms with van der Waals surface area (Å²) >= 11 is 0. The maximum absolute atomic E-state index is 5.43. The fraction of sp³-hybridized carbons (Fsp3) is 0.708. The Morgan fingerprint density at radius 1 is 0.968 bits per heavy atom. The van der Waals surface area contributed by atoms with E-state index >= 15 is 0 Å². The highest BCUT2D eigenvalue weighted by atomic mass is 127. The standard InChI is InChI=1S/C24H41N5O.HI/c1-4-25-23(27-20-24(2,3)29-12-6-5-7-13-29)26-18-21-8-10-22(11-9-21)19-28-14-16-30-17-15-28;/h8-11H,4-7,12-20H2,1-3H3,(H2,25,26,27);1H. The summed E-state index contributed by atoms with van der Waals surface area (Å²) in [5.41, 5.74) is 2.74. The minimum atomic E-state index is 0. The molecule has 0 saturated carbocycles. The van der Waals surface area contributed by atoms with Crippen molar-refractivity contribution in [2.45, 2.75) is 58.7 Å². The quantitative estimate of drug-likeness (QED) is 0.299. The molecular weight excluding hydrogens is 501 g/mol. The van der Waals surface area contributed by atoms with E-state index in [1.165, 1.54) is 43.5 Å². The zero-order valence-electron chi connectivity index (χ0n) is 19.7. The number of nitrogens with one attached hydrogen (secondary N) is 2.